The predicted molar refractivity (Wildman–Crippen MR) is 414 cm³/mol. The van der Waals surface area contributed by atoms with Crippen LogP contribution in [0.2, 0.25) is 0 Å². The third-order valence-corrected chi connectivity index (χ3v) is 21.5. The van der Waals surface area contributed by atoms with E-state index in [1.165, 1.54) is 244 Å². The molecule has 0 aromatic rings. The summed E-state index contributed by atoms with van der Waals surface area (Å²) >= 11 is 0. The van der Waals surface area contributed by atoms with E-state index in [-0.39, 0.29) is 25.7 Å². The maximum atomic E-state index is 13.1. The Balaban J connectivity index is 5.22. The maximum Gasteiger partial charge on any atom is 0.472 e. The summed E-state index contributed by atoms with van der Waals surface area (Å²) in [5.41, 5.74) is 0. The Kier molecular flexibility index (Phi) is 72.2. The number of phosphoric acid groups is 2. The Bertz CT molecular complexity index is 1940. The van der Waals surface area contributed by atoms with E-state index < -0.39 is 97.5 Å². The average Bonchev–Trinajstić information content (AvgIpc) is 0.928. The number of aliphatic hydroxyl groups is 1. The Morgan fingerprint density at radius 3 is 0.752 bits per heavy atom. The lowest BCUT2D eigenvalue weighted by Crippen LogP contribution is -2.30. The molecule has 0 amide bonds. The number of unbranched alkanes of at least 4 members (excludes halogenated alkanes) is 50. The second-order valence-corrected chi connectivity index (χ2v) is 33.1. The van der Waals surface area contributed by atoms with Crippen LogP contribution in [0.3, 0.4) is 0 Å². The summed E-state index contributed by atoms with van der Waals surface area (Å²) in [4.78, 5) is 73.0. The molecule has 3 N–H and O–H groups in total. The van der Waals surface area contributed by atoms with Gasteiger partial charge in [-0.25, -0.2) is 9.13 Å². The third kappa shape index (κ3) is 74.7. The minimum absolute atomic E-state index is 0.107. The Morgan fingerprint density at radius 1 is 0.287 bits per heavy atom. The molecule has 3 unspecified atom stereocenters. The highest BCUT2D eigenvalue weighted by atomic mass is 31.2. The summed E-state index contributed by atoms with van der Waals surface area (Å²) in [5, 5.41) is 10.6. The van der Waals surface area contributed by atoms with Crippen LogP contribution in [-0.2, 0) is 65.4 Å². The van der Waals surface area contributed by atoms with Gasteiger partial charge in [0.05, 0.1) is 26.4 Å². The normalized spacial score (nSPS) is 14.2. The number of hydrogen-bond donors (Lipinski definition) is 3. The molecule has 101 heavy (non-hydrogen) atoms. The van der Waals surface area contributed by atoms with Crippen molar-refractivity contribution in [1.29, 1.82) is 0 Å². The highest BCUT2D eigenvalue weighted by molar-refractivity contribution is 7.47. The maximum absolute atomic E-state index is 13.1. The molecule has 19 heteroatoms. The first-order valence-electron chi connectivity index (χ1n) is 42.5. The molecule has 0 aliphatic rings. The SMILES string of the molecule is CCCCCCCCCCCCCCCCCCCC(=O)OC[C@H](COP(=O)(O)OC[C@@H](O)COP(=O)(O)OC[C@@H](COC(=O)CCCCCCCCC(C)CC)OC(=O)CCCCCCCCCCCCCCC)OC(=O)CCCCCCCCCCCCCCCCCCCCC(C)C. The van der Waals surface area contributed by atoms with Crippen LogP contribution in [0.25, 0.3) is 0 Å². The van der Waals surface area contributed by atoms with Crippen molar-refractivity contribution in [2.24, 2.45) is 11.8 Å². The van der Waals surface area contributed by atoms with Crippen LogP contribution in [-0.4, -0.2) is 96.7 Å². The van der Waals surface area contributed by atoms with Crippen LogP contribution in [0, 0.1) is 11.8 Å². The van der Waals surface area contributed by atoms with E-state index in [2.05, 4.69) is 41.5 Å². The Labute approximate surface area is 619 Å². The second kappa shape index (κ2) is 73.6. The molecule has 0 saturated heterocycles. The first kappa shape index (κ1) is 99.1. The van der Waals surface area contributed by atoms with Gasteiger partial charge in [0.15, 0.2) is 12.2 Å². The van der Waals surface area contributed by atoms with Crippen molar-refractivity contribution in [1.82, 2.24) is 0 Å². The van der Waals surface area contributed by atoms with Gasteiger partial charge in [0, 0.05) is 25.7 Å². The molecule has 0 aromatic carbocycles. The molecule has 600 valence electrons. The Morgan fingerprint density at radius 2 is 0.505 bits per heavy atom. The van der Waals surface area contributed by atoms with Gasteiger partial charge in [0.2, 0.25) is 0 Å². The molecule has 0 heterocycles. The van der Waals surface area contributed by atoms with Crippen molar-refractivity contribution < 1.29 is 80.2 Å². The zero-order valence-corrected chi connectivity index (χ0v) is 68.0. The fraction of sp³-hybridized carbons (Fsp3) is 0.951. The molecule has 0 aromatic heterocycles. The van der Waals surface area contributed by atoms with Crippen LogP contribution in [0.1, 0.15) is 433 Å². The molecule has 0 aliphatic carbocycles. The van der Waals surface area contributed by atoms with Crippen LogP contribution in [0.5, 0.6) is 0 Å². The van der Waals surface area contributed by atoms with E-state index in [9.17, 15) is 43.2 Å². The quantitative estimate of drug-likeness (QED) is 0.0222. The minimum atomic E-state index is -4.96. The summed E-state index contributed by atoms with van der Waals surface area (Å²) in [6.07, 6.45) is 63.9. The van der Waals surface area contributed by atoms with Crippen LogP contribution < -0.4 is 0 Å². The van der Waals surface area contributed by atoms with E-state index >= 15 is 0 Å². The predicted octanol–water partition coefficient (Wildman–Crippen LogP) is 24.7. The van der Waals surface area contributed by atoms with Crippen molar-refractivity contribution in [3.8, 4) is 0 Å². The average molecular weight is 1480 g/mol. The molecule has 0 saturated carbocycles. The molecular weight excluding hydrogens is 1320 g/mol. The smallest absolute Gasteiger partial charge is 0.462 e. The lowest BCUT2D eigenvalue weighted by atomic mass is 10.00. The summed E-state index contributed by atoms with van der Waals surface area (Å²) in [6, 6.07) is 0. The lowest BCUT2D eigenvalue weighted by Gasteiger charge is -2.21. The topological polar surface area (TPSA) is 237 Å². The number of esters is 4. The van der Waals surface area contributed by atoms with Gasteiger partial charge < -0.3 is 33.8 Å². The molecule has 0 fully saturated rings. The number of ether oxygens (including phenoxy) is 4. The van der Waals surface area contributed by atoms with Gasteiger partial charge in [0.1, 0.15) is 19.3 Å². The lowest BCUT2D eigenvalue weighted by molar-refractivity contribution is -0.161. The Hall–Kier alpha value is -1.94. The monoisotopic (exact) mass is 1480 g/mol. The number of aliphatic hydroxyl groups excluding tert-OH is 1. The third-order valence-electron chi connectivity index (χ3n) is 19.6. The van der Waals surface area contributed by atoms with Crippen LogP contribution in [0.15, 0.2) is 0 Å². The summed E-state index contributed by atoms with van der Waals surface area (Å²) in [7, 11) is -9.92. The largest absolute Gasteiger partial charge is 0.472 e. The van der Waals surface area contributed by atoms with E-state index in [1.807, 2.05) is 0 Å². The first-order chi connectivity index (χ1) is 48.9. The number of hydrogen-bond acceptors (Lipinski definition) is 15. The molecule has 0 bridgehead atoms. The van der Waals surface area contributed by atoms with E-state index in [0.29, 0.717) is 25.7 Å². The molecule has 6 atom stereocenters. The van der Waals surface area contributed by atoms with Gasteiger partial charge in [-0.1, -0.05) is 382 Å². The van der Waals surface area contributed by atoms with E-state index in [4.69, 9.17) is 37.0 Å². The number of rotatable bonds is 81. The highest BCUT2D eigenvalue weighted by Gasteiger charge is 2.30. The minimum Gasteiger partial charge on any atom is -0.462 e. The fourth-order valence-electron chi connectivity index (χ4n) is 12.7. The van der Waals surface area contributed by atoms with Crippen LogP contribution in [0.4, 0.5) is 0 Å². The summed E-state index contributed by atoms with van der Waals surface area (Å²) < 4.78 is 68.7. The molecule has 0 spiro atoms. The van der Waals surface area contributed by atoms with Crippen molar-refractivity contribution >= 4 is 39.5 Å². The van der Waals surface area contributed by atoms with Gasteiger partial charge in [-0.3, -0.25) is 37.3 Å². The van der Waals surface area contributed by atoms with Crippen molar-refractivity contribution in [3.05, 3.63) is 0 Å². The molecule has 17 nitrogen and oxygen atoms in total. The standard InChI is InChI=1S/C82H160O17P2/c1-7-10-12-14-16-18-20-22-23-26-30-34-37-41-45-52-58-64-79(84)92-70-77(98-81(86)67-61-55-47-43-39-35-31-28-25-24-27-29-33-36-40-44-50-56-62-74(4)5)72-96-100(88,89)94-68-76(83)69-95-101(90,91)97-73-78(71-93-80(85)65-59-53-49-48-51-57-63-75(6)9-3)99-82(87)66-60-54-46-42-38-32-21-19-17-15-13-11-8-2/h74-78,83H,7-73H2,1-6H3,(H,88,89)(H,90,91)/t75?,76-,77-,78-/m1/s1. The zero-order chi connectivity index (χ0) is 74.2. The van der Waals surface area contributed by atoms with Crippen molar-refractivity contribution in [2.75, 3.05) is 39.6 Å². The van der Waals surface area contributed by atoms with Crippen molar-refractivity contribution in [3.63, 3.8) is 0 Å². The highest BCUT2D eigenvalue weighted by Crippen LogP contribution is 2.45. The second-order valence-electron chi connectivity index (χ2n) is 30.2. The summed E-state index contributed by atoms with van der Waals surface area (Å²) in [6.45, 7) is 9.64. The van der Waals surface area contributed by atoms with Crippen LogP contribution >= 0.6 is 15.6 Å². The fourth-order valence-corrected chi connectivity index (χ4v) is 14.3. The van der Waals surface area contributed by atoms with Gasteiger partial charge >= 0.3 is 39.5 Å². The van der Waals surface area contributed by atoms with Gasteiger partial charge in [-0.05, 0) is 37.5 Å². The van der Waals surface area contributed by atoms with E-state index in [1.54, 1.807) is 0 Å². The molecular formula is C82H160O17P2. The summed E-state index contributed by atoms with van der Waals surface area (Å²) in [5.74, 6) is -0.556. The number of carbonyl (C=O) groups is 4. The van der Waals surface area contributed by atoms with Gasteiger partial charge in [0.25, 0.3) is 0 Å². The zero-order valence-electron chi connectivity index (χ0n) is 66.2. The van der Waals surface area contributed by atoms with Gasteiger partial charge in [-0.15, -0.1) is 0 Å². The molecule has 0 aliphatic heterocycles. The molecule has 0 radical (unpaired) electrons. The van der Waals surface area contributed by atoms with E-state index in [0.717, 1.165) is 108 Å². The van der Waals surface area contributed by atoms with Gasteiger partial charge in [-0.2, -0.15) is 0 Å². The molecule has 0 rings (SSSR count). The number of phosphoric ester groups is 2. The van der Waals surface area contributed by atoms with Crippen molar-refractivity contribution in [2.45, 2.75) is 452 Å². The first-order valence-corrected chi connectivity index (χ1v) is 45.5. The number of carbonyl (C=O) groups excluding carboxylic acids is 4.